The topological polar surface area (TPSA) is 103 Å². The summed E-state index contributed by atoms with van der Waals surface area (Å²) in [6.07, 6.45) is 4.41. The third-order valence-electron chi connectivity index (χ3n) is 6.96. The quantitative estimate of drug-likeness (QED) is 0.496. The zero-order valence-corrected chi connectivity index (χ0v) is 20.7. The normalized spacial score (nSPS) is 17.5. The number of H-pyrrole nitrogens is 1. The molecule has 182 valence electrons. The molecule has 0 saturated heterocycles. The molecular formula is C27H36N4O3. The van der Waals surface area contributed by atoms with E-state index >= 15 is 0 Å². The van der Waals surface area contributed by atoms with Crippen molar-refractivity contribution in [3.8, 4) is 0 Å². The van der Waals surface area contributed by atoms with Gasteiger partial charge in [-0.25, -0.2) is 0 Å². The highest BCUT2D eigenvalue weighted by atomic mass is 16.2. The van der Waals surface area contributed by atoms with Crippen molar-refractivity contribution in [2.24, 2.45) is 5.41 Å². The Bertz CT molecular complexity index is 1120. The monoisotopic (exact) mass is 464 g/mol. The number of fused-ring (bicyclic) bond motifs is 2. The summed E-state index contributed by atoms with van der Waals surface area (Å²) in [5.41, 5.74) is 5.63. The average molecular weight is 465 g/mol. The first-order valence-corrected chi connectivity index (χ1v) is 12.4. The molecule has 1 aliphatic heterocycles. The van der Waals surface area contributed by atoms with Crippen molar-refractivity contribution in [1.82, 2.24) is 15.6 Å². The third kappa shape index (κ3) is 5.09. The smallest absolute Gasteiger partial charge is 0.268 e. The van der Waals surface area contributed by atoms with Gasteiger partial charge in [0.2, 0.25) is 5.91 Å². The lowest BCUT2D eigenvalue weighted by Gasteiger charge is -2.28. The number of hydrogen-bond acceptors (Lipinski definition) is 4. The van der Waals surface area contributed by atoms with Crippen LogP contribution in [0.1, 0.15) is 89.7 Å². The van der Waals surface area contributed by atoms with Gasteiger partial charge in [-0.05, 0) is 67.0 Å². The van der Waals surface area contributed by atoms with E-state index in [4.69, 9.17) is 0 Å². The van der Waals surface area contributed by atoms with Gasteiger partial charge in [0.1, 0.15) is 11.7 Å². The summed E-state index contributed by atoms with van der Waals surface area (Å²) in [5, 5.41) is 9.28. The molecule has 1 aromatic carbocycles. The highest BCUT2D eigenvalue weighted by molar-refractivity contribution is 6.06. The molecule has 7 heteroatoms. The van der Waals surface area contributed by atoms with Crippen LogP contribution < -0.4 is 16.0 Å². The predicted molar refractivity (Wildman–Crippen MR) is 133 cm³/mol. The lowest BCUT2D eigenvalue weighted by Crippen LogP contribution is -2.44. The minimum Gasteiger partial charge on any atom is -0.354 e. The number of rotatable bonds is 7. The number of carbonyl (C=O) groups excluding carboxylic acids is 3. The summed E-state index contributed by atoms with van der Waals surface area (Å²) in [6, 6.07) is 5.33. The number of unbranched alkanes of at least 4 members (excludes halogenated alkanes) is 1. The number of hydrogen-bond donors (Lipinski definition) is 4. The minimum atomic E-state index is -0.656. The van der Waals surface area contributed by atoms with Crippen LogP contribution in [0.15, 0.2) is 18.2 Å². The van der Waals surface area contributed by atoms with Gasteiger partial charge in [-0.3, -0.25) is 14.4 Å². The van der Waals surface area contributed by atoms with Crippen LogP contribution in [0.3, 0.4) is 0 Å². The lowest BCUT2D eigenvalue weighted by atomic mass is 9.75. The maximum Gasteiger partial charge on any atom is 0.268 e. The molecule has 1 aliphatic carbocycles. The van der Waals surface area contributed by atoms with Crippen molar-refractivity contribution < 1.29 is 14.4 Å². The van der Waals surface area contributed by atoms with Crippen molar-refractivity contribution in [3.63, 3.8) is 0 Å². The Morgan fingerprint density at radius 1 is 1.18 bits per heavy atom. The maximum absolute atomic E-state index is 13.2. The first kappa shape index (κ1) is 24.2. The van der Waals surface area contributed by atoms with Crippen LogP contribution in [0.25, 0.3) is 0 Å². The summed E-state index contributed by atoms with van der Waals surface area (Å²) in [7, 11) is 0. The van der Waals surface area contributed by atoms with Crippen molar-refractivity contribution >= 4 is 23.3 Å². The summed E-state index contributed by atoms with van der Waals surface area (Å²) < 4.78 is 0. The van der Waals surface area contributed by atoms with E-state index in [0.29, 0.717) is 29.7 Å². The number of aromatic nitrogens is 1. The van der Waals surface area contributed by atoms with Crippen molar-refractivity contribution in [2.45, 2.75) is 78.8 Å². The number of aromatic amines is 1. The Balaban J connectivity index is 1.51. The molecule has 4 rings (SSSR count). The summed E-state index contributed by atoms with van der Waals surface area (Å²) in [4.78, 5) is 42.3. The molecule has 0 radical (unpaired) electrons. The molecule has 2 aliphatic rings. The van der Waals surface area contributed by atoms with Gasteiger partial charge in [0.05, 0.1) is 0 Å². The molecule has 7 nitrogen and oxygen atoms in total. The van der Waals surface area contributed by atoms with E-state index in [1.807, 2.05) is 25.1 Å². The summed E-state index contributed by atoms with van der Waals surface area (Å²) in [6.45, 7) is 9.77. The van der Waals surface area contributed by atoms with E-state index in [1.54, 1.807) is 0 Å². The molecule has 1 atom stereocenters. The van der Waals surface area contributed by atoms with E-state index in [-0.39, 0.29) is 23.0 Å². The molecule has 1 aromatic heterocycles. The van der Waals surface area contributed by atoms with Crippen LogP contribution in [0.5, 0.6) is 0 Å². The van der Waals surface area contributed by atoms with Crippen LogP contribution in [-0.4, -0.2) is 35.2 Å². The maximum atomic E-state index is 13.2. The van der Waals surface area contributed by atoms with Gasteiger partial charge in [0.15, 0.2) is 5.78 Å². The van der Waals surface area contributed by atoms with Gasteiger partial charge in [-0.2, -0.15) is 0 Å². The Morgan fingerprint density at radius 2 is 1.97 bits per heavy atom. The number of anilines is 1. The molecule has 2 aromatic rings. The molecule has 4 N–H and O–H groups in total. The standard InChI is InChI=1S/C27H36N4O3/c1-5-6-7-20(25(33)29-19-9-8-18-15-28-11-10-17(18)12-19)31-26(34)24-16(2)23-21(30-24)13-27(3,4)14-22(23)32/h8-9,12,20,28,30H,5-7,10-11,13-15H2,1-4H3,(H,29,33)(H,31,34). The molecule has 34 heavy (non-hydrogen) atoms. The first-order valence-electron chi connectivity index (χ1n) is 12.4. The Morgan fingerprint density at radius 3 is 2.74 bits per heavy atom. The van der Waals surface area contributed by atoms with Crippen molar-refractivity contribution in [1.29, 1.82) is 0 Å². The van der Waals surface area contributed by atoms with Crippen LogP contribution in [0.4, 0.5) is 5.69 Å². The Hall–Kier alpha value is -2.93. The van der Waals surface area contributed by atoms with Gasteiger partial charge in [0.25, 0.3) is 5.91 Å². The van der Waals surface area contributed by atoms with Gasteiger partial charge < -0.3 is 20.9 Å². The van der Waals surface area contributed by atoms with Crippen molar-refractivity contribution in [2.75, 3.05) is 11.9 Å². The Kier molecular flexibility index (Phi) is 6.94. The van der Waals surface area contributed by atoms with Gasteiger partial charge in [0, 0.05) is 29.9 Å². The van der Waals surface area contributed by atoms with E-state index < -0.39 is 6.04 Å². The molecule has 2 amide bonds. The van der Waals surface area contributed by atoms with Crippen LogP contribution in [0, 0.1) is 12.3 Å². The number of nitrogens with one attached hydrogen (secondary N) is 4. The number of amides is 2. The van der Waals surface area contributed by atoms with Gasteiger partial charge in [-0.1, -0.05) is 39.7 Å². The molecule has 0 bridgehead atoms. The molecule has 2 heterocycles. The Labute approximate surface area is 201 Å². The van der Waals surface area contributed by atoms with Gasteiger partial charge in [-0.15, -0.1) is 0 Å². The number of ketones is 1. The van der Waals surface area contributed by atoms with E-state index in [0.717, 1.165) is 50.2 Å². The second-order valence-corrected chi connectivity index (χ2v) is 10.5. The first-order chi connectivity index (χ1) is 16.2. The molecule has 0 spiro atoms. The zero-order chi connectivity index (χ0) is 24.5. The summed E-state index contributed by atoms with van der Waals surface area (Å²) in [5.74, 6) is -0.492. The van der Waals surface area contributed by atoms with Crippen LogP contribution in [0.2, 0.25) is 0 Å². The highest BCUT2D eigenvalue weighted by Gasteiger charge is 2.35. The predicted octanol–water partition coefficient (Wildman–Crippen LogP) is 4.05. The largest absolute Gasteiger partial charge is 0.354 e. The fourth-order valence-corrected chi connectivity index (χ4v) is 5.15. The third-order valence-corrected chi connectivity index (χ3v) is 6.96. The molecular weight excluding hydrogens is 428 g/mol. The molecule has 0 fully saturated rings. The lowest BCUT2D eigenvalue weighted by molar-refractivity contribution is -0.118. The second kappa shape index (κ2) is 9.74. The number of benzene rings is 1. The van der Waals surface area contributed by atoms with Crippen LogP contribution >= 0.6 is 0 Å². The average Bonchev–Trinajstić information content (AvgIpc) is 3.11. The fourth-order valence-electron chi connectivity index (χ4n) is 5.15. The minimum absolute atomic E-state index is 0.0712. The van der Waals surface area contributed by atoms with Crippen LogP contribution in [-0.2, 0) is 24.2 Å². The van der Waals surface area contributed by atoms with E-state index in [9.17, 15) is 14.4 Å². The number of carbonyl (C=O) groups is 3. The van der Waals surface area contributed by atoms with E-state index in [2.05, 4.69) is 41.7 Å². The second-order valence-electron chi connectivity index (χ2n) is 10.5. The van der Waals surface area contributed by atoms with E-state index in [1.165, 1.54) is 11.1 Å². The molecule has 1 unspecified atom stereocenters. The SMILES string of the molecule is CCCCC(NC(=O)c1[nH]c2c(c1C)C(=O)CC(C)(C)C2)C(=O)Nc1ccc2c(c1)CCNC2. The highest BCUT2D eigenvalue weighted by Crippen LogP contribution is 2.36. The number of Topliss-reactive ketones (excluding diaryl/α,β-unsaturated/α-hetero) is 1. The molecule has 0 saturated carbocycles. The van der Waals surface area contributed by atoms with Gasteiger partial charge >= 0.3 is 0 Å². The van der Waals surface area contributed by atoms with Crippen molar-refractivity contribution in [3.05, 3.63) is 51.8 Å². The zero-order valence-electron chi connectivity index (χ0n) is 20.7. The fraction of sp³-hybridized carbons (Fsp3) is 0.519. The summed E-state index contributed by atoms with van der Waals surface area (Å²) >= 11 is 0.